The van der Waals surface area contributed by atoms with Gasteiger partial charge in [-0.05, 0) is 58.9 Å². The molecule has 3 heteroatoms. The van der Waals surface area contributed by atoms with E-state index in [0.29, 0.717) is 5.92 Å². The molecule has 28 heavy (non-hydrogen) atoms. The summed E-state index contributed by atoms with van der Waals surface area (Å²) in [5.74, 6) is 1.28. The summed E-state index contributed by atoms with van der Waals surface area (Å²) in [6, 6.07) is 19.1. The van der Waals surface area contributed by atoms with Gasteiger partial charge in [-0.1, -0.05) is 43.3 Å². The molecule has 0 saturated heterocycles. The Hall–Kier alpha value is -3.20. The minimum absolute atomic E-state index is 0.387. The number of rotatable bonds is 4. The normalized spacial score (nSPS) is 14.7. The molecule has 0 saturated carbocycles. The molecule has 0 radical (unpaired) electrons. The lowest BCUT2D eigenvalue weighted by atomic mass is 10.00. The molecule has 2 aromatic heterocycles. The molecule has 4 aromatic rings. The molecule has 0 aliphatic heterocycles. The smallest absolute Gasteiger partial charge is 0.118 e. The van der Waals surface area contributed by atoms with Crippen LogP contribution >= 0.6 is 0 Å². The fraction of sp³-hybridized carbons (Fsp3) is 0.200. The van der Waals surface area contributed by atoms with Crippen LogP contribution in [0.4, 0.5) is 0 Å². The van der Waals surface area contributed by atoms with E-state index in [1.54, 1.807) is 7.11 Å². The number of pyridine rings is 2. The highest BCUT2D eigenvalue weighted by atomic mass is 16.5. The van der Waals surface area contributed by atoms with Crippen LogP contribution in [0, 0.1) is 0 Å². The van der Waals surface area contributed by atoms with E-state index in [0.717, 1.165) is 35.2 Å². The van der Waals surface area contributed by atoms with E-state index in [-0.39, 0.29) is 0 Å². The summed E-state index contributed by atoms with van der Waals surface area (Å²) >= 11 is 0. The van der Waals surface area contributed by atoms with E-state index < -0.39 is 0 Å². The quantitative estimate of drug-likeness (QED) is 0.474. The third-order valence-electron chi connectivity index (χ3n) is 5.83. The van der Waals surface area contributed by atoms with Gasteiger partial charge in [-0.3, -0.25) is 9.97 Å². The Morgan fingerprint density at radius 2 is 1.71 bits per heavy atom. The average molecular weight is 366 g/mol. The lowest BCUT2D eigenvalue weighted by Gasteiger charge is -2.09. The van der Waals surface area contributed by atoms with Crippen LogP contribution in [-0.2, 0) is 12.8 Å². The summed E-state index contributed by atoms with van der Waals surface area (Å²) in [6.45, 7) is 2.26. The lowest BCUT2D eigenvalue weighted by molar-refractivity contribution is 0.414. The van der Waals surface area contributed by atoms with Crippen LogP contribution in [0.1, 0.15) is 35.2 Å². The van der Waals surface area contributed by atoms with Gasteiger partial charge in [-0.2, -0.15) is 0 Å². The molecule has 1 unspecified atom stereocenters. The fourth-order valence-electron chi connectivity index (χ4n) is 4.25. The van der Waals surface area contributed by atoms with E-state index in [4.69, 9.17) is 14.7 Å². The van der Waals surface area contributed by atoms with E-state index in [2.05, 4.69) is 55.6 Å². The van der Waals surface area contributed by atoms with Gasteiger partial charge < -0.3 is 4.74 Å². The second kappa shape index (κ2) is 6.75. The molecule has 0 N–H and O–H groups in total. The van der Waals surface area contributed by atoms with Crippen molar-refractivity contribution in [1.29, 1.82) is 0 Å². The zero-order valence-corrected chi connectivity index (χ0v) is 16.1. The van der Waals surface area contributed by atoms with Crippen LogP contribution in [0.3, 0.4) is 0 Å². The topological polar surface area (TPSA) is 35.0 Å². The Labute approximate surface area is 165 Å². The Kier molecular flexibility index (Phi) is 4.09. The second-order valence-electron chi connectivity index (χ2n) is 7.44. The van der Waals surface area contributed by atoms with Crippen LogP contribution in [0.25, 0.3) is 22.0 Å². The highest BCUT2D eigenvalue weighted by Crippen LogP contribution is 2.46. The summed E-state index contributed by atoms with van der Waals surface area (Å²) in [7, 11) is 1.69. The monoisotopic (exact) mass is 366 g/mol. The molecule has 0 fully saturated rings. The number of hydrogen-bond acceptors (Lipinski definition) is 3. The highest BCUT2D eigenvalue weighted by Gasteiger charge is 2.27. The third kappa shape index (κ3) is 2.75. The molecule has 0 bridgehead atoms. The Morgan fingerprint density at radius 1 is 0.893 bits per heavy atom. The van der Waals surface area contributed by atoms with Crippen molar-refractivity contribution in [3.63, 3.8) is 0 Å². The first-order valence-electron chi connectivity index (χ1n) is 9.74. The number of aryl methyl sites for hydroxylation is 2. The summed E-state index contributed by atoms with van der Waals surface area (Å²) in [4.78, 5) is 9.53. The van der Waals surface area contributed by atoms with Crippen molar-refractivity contribution < 1.29 is 4.74 Å². The van der Waals surface area contributed by atoms with Gasteiger partial charge in [0.25, 0.3) is 0 Å². The number of fused-ring (bicyclic) bond motifs is 5. The average Bonchev–Trinajstić information content (AvgIpc) is 3.05. The lowest BCUT2D eigenvalue weighted by Crippen LogP contribution is -1.97. The molecule has 3 nitrogen and oxygen atoms in total. The molecule has 2 aromatic carbocycles. The zero-order chi connectivity index (χ0) is 19.1. The van der Waals surface area contributed by atoms with Crippen LogP contribution in [-0.4, -0.2) is 17.1 Å². The van der Waals surface area contributed by atoms with Gasteiger partial charge in [0.05, 0.1) is 12.6 Å². The third-order valence-corrected chi connectivity index (χ3v) is 5.83. The van der Waals surface area contributed by atoms with Gasteiger partial charge in [-0.25, -0.2) is 0 Å². The Bertz CT molecular complexity index is 1170. The van der Waals surface area contributed by atoms with Crippen LogP contribution in [0.2, 0.25) is 0 Å². The molecule has 0 spiro atoms. The number of ether oxygens (including phenoxy) is 1. The van der Waals surface area contributed by atoms with Gasteiger partial charge in [0.2, 0.25) is 0 Å². The number of methoxy groups -OCH3 is 1. The van der Waals surface area contributed by atoms with E-state index >= 15 is 0 Å². The number of hydrogen-bond donors (Lipinski definition) is 0. The van der Waals surface area contributed by atoms with Crippen LogP contribution in [0.5, 0.6) is 5.75 Å². The first-order valence-corrected chi connectivity index (χ1v) is 9.74. The summed E-state index contributed by atoms with van der Waals surface area (Å²) in [5, 5.41) is 1.16. The first-order chi connectivity index (χ1) is 13.7. The first kappa shape index (κ1) is 16.9. The Morgan fingerprint density at radius 3 is 2.54 bits per heavy atom. The van der Waals surface area contributed by atoms with Gasteiger partial charge in [-0.15, -0.1) is 0 Å². The maximum absolute atomic E-state index is 5.23. The SMILES string of the molecule is COc1ccc(CCc2cc3ncc4c(c3cn2)-c2ccccc2C4C)cc1. The van der Waals surface area contributed by atoms with E-state index in [9.17, 15) is 0 Å². The van der Waals surface area contributed by atoms with Gasteiger partial charge in [0.1, 0.15) is 5.75 Å². The maximum Gasteiger partial charge on any atom is 0.118 e. The largest absolute Gasteiger partial charge is 0.497 e. The fourth-order valence-corrected chi connectivity index (χ4v) is 4.25. The predicted octanol–water partition coefficient (Wildman–Crippen LogP) is 5.56. The molecule has 1 aliphatic rings. The van der Waals surface area contributed by atoms with Crippen molar-refractivity contribution in [3.8, 4) is 16.9 Å². The van der Waals surface area contributed by atoms with Gasteiger partial charge in [0, 0.05) is 29.4 Å². The minimum Gasteiger partial charge on any atom is -0.497 e. The number of aromatic nitrogens is 2. The van der Waals surface area contributed by atoms with E-state index in [1.807, 2.05) is 18.3 Å². The summed E-state index contributed by atoms with van der Waals surface area (Å²) in [6.07, 6.45) is 5.91. The summed E-state index contributed by atoms with van der Waals surface area (Å²) in [5.41, 5.74) is 8.72. The van der Waals surface area contributed by atoms with Gasteiger partial charge in [0.15, 0.2) is 0 Å². The highest BCUT2D eigenvalue weighted by molar-refractivity contribution is 5.99. The molecular formula is C25H22N2O. The van der Waals surface area contributed by atoms with Crippen molar-refractivity contribution in [1.82, 2.24) is 9.97 Å². The van der Waals surface area contributed by atoms with Gasteiger partial charge >= 0.3 is 0 Å². The molecule has 1 aliphatic carbocycles. The van der Waals surface area contributed by atoms with Crippen molar-refractivity contribution in [2.24, 2.45) is 0 Å². The van der Waals surface area contributed by atoms with Crippen molar-refractivity contribution in [2.75, 3.05) is 7.11 Å². The summed E-state index contributed by atoms with van der Waals surface area (Å²) < 4.78 is 5.23. The standard InChI is InChI=1S/C25H22N2O/c1-16-20-5-3-4-6-21(20)25-22(16)14-27-24-13-18(26-15-23(24)25)10-7-17-8-11-19(28-2)12-9-17/h3-6,8-9,11-16H,7,10H2,1-2H3. The van der Waals surface area contributed by atoms with Crippen molar-refractivity contribution in [3.05, 3.63) is 89.4 Å². The number of nitrogens with zero attached hydrogens (tertiary/aromatic N) is 2. The predicted molar refractivity (Wildman–Crippen MR) is 113 cm³/mol. The van der Waals surface area contributed by atoms with Crippen LogP contribution < -0.4 is 4.74 Å². The van der Waals surface area contributed by atoms with Crippen molar-refractivity contribution >= 4 is 10.9 Å². The number of benzene rings is 2. The van der Waals surface area contributed by atoms with E-state index in [1.165, 1.54) is 27.8 Å². The molecule has 5 rings (SSSR count). The molecule has 0 amide bonds. The maximum atomic E-state index is 5.23. The Balaban J connectivity index is 1.47. The molecular weight excluding hydrogens is 344 g/mol. The van der Waals surface area contributed by atoms with Crippen molar-refractivity contribution in [2.45, 2.75) is 25.7 Å². The second-order valence-corrected chi connectivity index (χ2v) is 7.44. The minimum atomic E-state index is 0.387. The molecule has 2 heterocycles. The van der Waals surface area contributed by atoms with Crippen LogP contribution in [0.15, 0.2) is 67.0 Å². The molecule has 1 atom stereocenters. The molecule has 138 valence electrons. The zero-order valence-electron chi connectivity index (χ0n) is 16.1.